The van der Waals surface area contributed by atoms with Crippen molar-refractivity contribution in [3.8, 4) is 0 Å². The largest absolute Gasteiger partial charge is 0.376 e. The fourth-order valence-corrected chi connectivity index (χ4v) is 2.90. The maximum Gasteiger partial charge on any atom is 0.255 e. The van der Waals surface area contributed by atoms with E-state index >= 15 is 0 Å². The maximum atomic E-state index is 12.3. The molecule has 0 saturated heterocycles. The minimum Gasteiger partial charge on any atom is -0.376 e. The average Bonchev–Trinajstić information content (AvgIpc) is 2.78. The monoisotopic (exact) mass is 416 g/mol. The number of benzene rings is 3. The summed E-state index contributed by atoms with van der Waals surface area (Å²) in [7, 11) is 1.56. The Balaban J connectivity index is 1.49. The third kappa shape index (κ3) is 6.17. The summed E-state index contributed by atoms with van der Waals surface area (Å²) in [6, 6.07) is 21.1. The number of rotatable bonds is 7. The van der Waals surface area contributed by atoms with Crippen LogP contribution in [0, 0.1) is 6.92 Å². The number of amides is 3. The van der Waals surface area contributed by atoms with Gasteiger partial charge in [-0.05, 0) is 67.6 Å². The summed E-state index contributed by atoms with van der Waals surface area (Å²) >= 11 is 0. The van der Waals surface area contributed by atoms with Crippen molar-refractivity contribution >= 4 is 34.8 Å². The van der Waals surface area contributed by atoms with Gasteiger partial charge in [-0.1, -0.05) is 17.7 Å². The molecule has 7 heteroatoms. The normalized spacial score (nSPS) is 10.1. The first-order valence-electron chi connectivity index (χ1n) is 9.78. The highest BCUT2D eigenvalue weighted by Gasteiger charge is 2.07. The van der Waals surface area contributed by atoms with Crippen LogP contribution in [0.5, 0.6) is 0 Å². The highest BCUT2D eigenvalue weighted by Crippen LogP contribution is 2.15. The van der Waals surface area contributed by atoms with Crippen LogP contribution in [-0.4, -0.2) is 31.3 Å². The number of carbonyl (C=O) groups is 3. The van der Waals surface area contributed by atoms with Crippen molar-refractivity contribution in [2.75, 3.05) is 29.5 Å². The van der Waals surface area contributed by atoms with E-state index in [1.807, 2.05) is 25.1 Å². The molecule has 7 nitrogen and oxygen atoms in total. The van der Waals surface area contributed by atoms with Crippen LogP contribution in [0.15, 0.2) is 72.8 Å². The van der Waals surface area contributed by atoms with E-state index in [2.05, 4.69) is 21.3 Å². The summed E-state index contributed by atoms with van der Waals surface area (Å²) in [6.07, 6.45) is 0. The zero-order valence-corrected chi connectivity index (χ0v) is 17.4. The third-order valence-corrected chi connectivity index (χ3v) is 4.53. The van der Waals surface area contributed by atoms with Gasteiger partial charge in [0.15, 0.2) is 0 Å². The molecular weight excluding hydrogens is 392 g/mol. The minimum atomic E-state index is -0.218. The molecule has 3 aromatic rings. The second kappa shape index (κ2) is 10.1. The van der Waals surface area contributed by atoms with Gasteiger partial charge in [-0.3, -0.25) is 14.4 Å². The van der Waals surface area contributed by atoms with E-state index in [0.717, 1.165) is 11.3 Å². The van der Waals surface area contributed by atoms with Gasteiger partial charge in [0.2, 0.25) is 5.91 Å². The highest BCUT2D eigenvalue weighted by molar-refractivity contribution is 6.04. The van der Waals surface area contributed by atoms with Crippen LogP contribution in [0.2, 0.25) is 0 Å². The Morgan fingerprint density at radius 1 is 0.710 bits per heavy atom. The quantitative estimate of drug-likeness (QED) is 0.472. The van der Waals surface area contributed by atoms with Crippen LogP contribution in [0.25, 0.3) is 0 Å². The Morgan fingerprint density at radius 3 is 1.97 bits per heavy atom. The summed E-state index contributed by atoms with van der Waals surface area (Å²) in [6.45, 7) is 2.01. The Kier molecular flexibility index (Phi) is 7.01. The van der Waals surface area contributed by atoms with E-state index in [4.69, 9.17) is 0 Å². The number of carbonyl (C=O) groups excluding carboxylic acids is 3. The lowest BCUT2D eigenvalue weighted by molar-refractivity contribution is -0.114. The van der Waals surface area contributed by atoms with Crippen LogP contribution < -0.4 is 21.3 Å². The predicted octanol–water partition coefficient (Wildman–Crippen LogP) is 3.66. The summed E-state index contributed by atoms with van der Waals surface area (Å²) in [5.41, 5.74) is 4.16. The smallest absolute Gasteiger partial charge is 0.255 e. The lowest BCUT2D eigenvalue weighted by atomic mass is 10.1. The molecule has 3 rings (SSSR count). The fourth-order valence-electron chi connectivity index (χ4n) is 2.90. The van der Waals surface area contributed by atoms with E-state index in [1.165, 1.54) is 0 Å². The van der Waals surface area contributed by atoms with Gasteiger partial charge in [0, 0.05) is 35.2 Å². The van der Waals surface area contributed by atoms with Crippen molar-refractivity contribution in [1.82, 2.24) is 5.32 Å². The van der Waals surface area contributed by atoms with Gasteiger partial charge in [-0.15, -0.1) is 0 Å². The van der Waals surface area contributed by atoms with E-state index in [0.29, 0.717) is 22.5 Å². The van der Waals surface area contributed by atoms with Gasteiger partial charge >= 0.3 is 0 Å². The van der Waals surface area contributed by atoms with Gasteiger partial charge in [0.25, 0.3) is 11.8 Å². The first kappa shape index (κ1) is 21.6. The van der Waals surface area contributed by atoms with Crippen molar-refractivity contribution in [1.29, 1.82) is 0 Å². The summed E-state index contributed by atoms with van der Waals surface area (Å²) in [5.74, 6) is -0.575. The molecule has 4 N–H and O–H groups in total. The van der Waals surface area contributed by atoms with Gasteiger partial charge < -0.3 is 21.3 Å². The third-order valence-electron chi connectivity index (χ3n) is 4.53. The van der Waals surface area contributed by atoms with Crippen molar-refractivity contribution in [3.63, 3.8) is 0 Å². The molecule has 0 fully saturated rings. The van der Waals surface area contributed by atoms with E-state index in [9.17, 15) is 14.4 Å². The number of aryl methyl sites for hydroxylation is 1. The molecule has 0 aromatic heterocycles. The topological polar surface area (TPSA) is 99.3 Å². The Labute approximate surface area is 180 Å². The molecule has 0 radical (unpaired) electrons. The lowest BCUT2D eigenvalue weighted by Gasteiger charge is -2.10. The first-order valence-corrected chi connectivity index (χ1v) is 9.78. The molecule has 0 atom stereocenters. The van der Waals surface area contributed by atoms with Gasteiger partial charge in [0.1, 0.15) is 0 Å². The zero-order valence-electron chi connectivity index (χ0n) is 17.4. The van der Waals surface area contributed by atoms with Gasteiger partial charge in [-0.25, -0.2) is 0 Å². The molecule has 0 bridgehead atoms. The highest BCUT2D eigenvalue weighted by atomic mass is 16.2. The lowest BCUT2D eigenvalue weighted by Crippen LogP contribution is -2.22. The van der Waals surface area contributed by atoms with Crippen LogP contribution in [-0.2, 0) is 4.79 Å². The van der Waals surface area contributed by atoms with E-state index < -0.39 is 0 Å². The molecule has 3 amide bonds. The van der Waals surface area contributed by atoms with Crippen LogP contribution in [0.1, 0.15) is 26.3 Å². The Bertz CT molecular complexity index is 1080. The number of hydrogen-bond donors (Lipinski definition) is 4. The average molecular weight is 416 g/mol. The Morgan fingerprint density at radius 2 is 1.32 bits per heavy atom. The van der Waals surface area contributed by atoms with Crippen LogP contribution in [0.3, 0.4) is 0 Å². The molecule has 3 aromatic carbocycles. The maximum absolute atomic E-state index is 12.3. The van der Waals surface area contributed by atoms with E-state index in [1.54, 1.807) is 61.6 Å². The molecule has 31 heavy (non-hydrogen) atoms. The number of nitrogens with one attached hydrogen (secondary N) is 4. The molecule has 0 aliphatic heterocycles. The predicted molar refractivity (Wildman–Crippen MR) is 123 cm³/mol. The standard InChI is InChI=1S/C24H24N4O3/c1-16-4-3-5-18(14-16)24(31)28-21-12-10-19(11-13-21)26-15-22(29)27-20-8-6-17(7-9-20)23(30)25-2/h3-14,26H,15H2,1-2H3,(H,25,30)(H,27,29)(H,28,31). The fraction of sp³-hybridized carbons (Fsp3) is 0.125. The number of hydrogen-bond acceptors (Lipinski definition) is 4. The SMILES string of the molecule is CNC(=O)c1ccc(NC(=O)CNc2ccc(NC(=O)c3cccc(C)c3)cc2)cc1. The summed E-state index contributed by atoms with van der Waals surface area (Å²) in [5, 5.41) is 11.2. The zero-order chi connectivity index (χ0) is 22.2. The van der Waals surface area contributed by atoms with Crippen molar-refractivity contribution < 1.29 is 14.4 Å². The van der Waals surface area contributed by atoms with Crippen molar-refractivity contribution in [2.24, 2.45) is 0 Å². The first-order chi connectivity index (χ1) is 14.9. The molecule has 0 saturated carbocycles. The van der Waals surface area contributed by atoms with Crippen molar-refractivity contribution in [2.45, 2.75) is 6.92 Å². The molecule has 0 unspecified atom stereocenters. The minimum absolute atomic E-state index is 0.0756. The molecule has 0 spiro atoms. The summed E-state index contributed by atoms with van der Waals surface area (Å²) < 4.78 is 0. The number of anilines is 3. The molecular formula is C24H24N4O3. The van der Waals surface area contributed by atoms with Gasteiger partial charge in [-0.2, -0.15) is 0 Å². The van der Waals surface area contributed by atoms with Crippen LogP contribution in [0.4, 0.5) is 17.1 Å². The van der Waals surface area contributed by atoms with E-state index in [-0.39, 0.29) is 24.3 Å². The molecule has 158 valence electrons. The summed E-state index contributed by atoms with van der Waals surface area (Å²) in [4.78, 5) is 36.0. The molecule has 0 aliphatic rings. The van der Waals surface area contributed by atoms with Gasteiger partial charge in [0.05, 0.1) is 6.54 Å². The Hall–Kier alpha value is -4.13. The molecule has 0 heterocycles. The van der Waals surface area contributed by atoms with Crippen molar-refractivity contribution in [3.05, 3.63) is 89.5 Å². The second-order valence-electron chi connectivity index (χ2n) is 6.96. The molecule has 0 aliphatic carbocycles. The van der Waals surface area contributed by atoms with Crippen LogP contribution >= 0.6 is 0 Å². The second-order valence-corrected chi connectivity index (χ2v) is 6.96.